The van der Waals surface area contributed by atoms with E-state index in [1.807, 2.05) is 11.0 Å². The zero-order valence-electron chi connectivity index (χ0n) is 12.1. The number of hydrogen-bond acceptors (Lipinski definition) is 4. The Bertz CT molecular complexity index is 472. The largest absolute Gasteiger partial charge is 0.493 e. The maximum Gasteiger partial charge on any atom is 0.258 e. The van der Waals surface area contributed by atoms with Crippen molar-refractivity contribution in [1.82, 2.24) is 4.90 Å². The Labute approximate surface area is 119 Å². The summed E-state index contributed by atoms with van der Waals surface area (Å²) in [6.07, 6.45) is 2.96. The molecule has 1 aliphatic rings. The summed E-state index contributed by atoms with van der Waals surface area (Å²) in [6.45, 7) is 1.28. The molecule has 5 heteroatoms. The minimum Gasteiger partial charge on any atom is -0.493 e. The van der Waals surface area contributed by atoms with Gasteiger partial charge in [-0.3, -0.25) is 4.79 Å². The van der Waals surface area contributed by atoms with Crippen LogP contribution in [0.5, 0.6) is 11.5 Å². The van der Waals surface area contributed by atoms with Crippen LogP contribution in [-0.2, 0) is 0 Å². The summed E-state index contributed by atoms with van der Waals surface area (Å²) in [5.41, 5.74) is 6.11. The molecule has 0 saturated heterocycles. The van der Waals surface area contributed by atoms with Gasteiger partial charge in [0, 0.05) is 12.6 Å². The van der Waals surface area contributed by atoms with Crippen LogP contribution in [0.25, 0.3) is 0 Å². The highest BCUT2D eigenvalue weighted by atomic mass is 16.5. The normalized spacial score (nSPS) is 13.9. The number of para-hydroxylation sites is 1. The van der Waals surface area contributed by atoms with E-state index in [2.05, 4.69) is 0 Å². The molecule has 1 fully saturated rings. The van der Waals surface area contributed by atoms with Gasteiger partial charge in [0.15, 0.2) is 11.5 Å². The second kappa shape index (κ2) is 6.61. The summed E-state index contributed by atoms with van der Waals surface area (Å²) < 4.78 is 10.6. The molecule has 1 aliphatic carbocycles. The Kier molecular flexibility index (Phi) is 4.84. The van der Waals surface area contributed by atoms with Gasteiger partial charge in [-0.1, -0.05) is 6.07 Å². The van der Waals surface area contributed by atoms with E-state index in [1.165, 1.54) is 0 Å². The zero-order chi connectivity index (χ0) is 14.5. The van der Waals surface area contributed by atoms with E-state index in [1.54, 1.807) is 26.4 Å². The number of ether oxygens (including phenoxy) is 2. The first-order valence-corrected chi connectivity index (χ1v) is 6.95. The standard InChI is InChI=1S/C15H22N2O3/c1-19-13-6-3-5-12(14(13)20-2)15(18)17(10-4-9-16)11-7-8-11/h3,5-6,11H,4,7-10,16H2,1-2H3. The van der Waals surface area contributed by atoms with Crippen LogP contribution in [0.1, 0.15) is 29.6 Å². The minimum atomic E-state index is -0.00306. The van der Waals surface area contributed by atoms with Crippen molar-refractivity contribution in [3.8, 4) is 11.5 Å². The molecule has 0 unspecified atom stereocenters. The molecule has 5 nitrogen and oxygen atoms in total. The van der Waals surface area contributed by atoms with Gasteiger partial charge in [-0.2, -0.15) is 0 Å². The van der Waals surface area contributed by atoms with E-state index in [-0.39, 0.29) is 5.91 Å². The summed E-state index contributed by atoms with van der Waals surface area (Å²) >= 11 is 0. The fourth-order valence-electron chi connectivity index (χ4n) is 2.31. The van der Waals surface area contributed by atoms with E-state index in [0.717, 1.165) is 19.3 Å². The molecule has 1 amide bonds. The topological polar surface area (TPSA) is 64.8 Å². The third-order valence-corrected chi connectivity index (χ3v) is 3.49. The highest BCUT2D eigenvalue weighted by Gasteiger charge is 2.34. The maximum atomic E-state index is 12.7. The van der Waals surface area contributed by atoms with Crippen molar-refractivity contribution >= 4 is 5.91 Å². The van der Waals surface area contributed by atoms with Crippen molar-refractivity contribution < 1.29 is 14.3 Å². The number of nitrogens with two attached hydrogens (primary N) is 1. The van der Waals surface area contributed by atoms with E-state index in [4.69, 9.17) is 15.2 Å². The first-order chi connectivity index (χ1) is 9.72. The molecule has 0 heterocycles. The third kappa shape index (κ3) is 3.04. The molecule has 1 aromatic carbocycles. The Morgan fingerprint density at radius 2 is 2.10 bits per heavy atom. The third-order valence-electron chi connectivity index (χ3n) is 3.49. The van der Waals surface area contributed by atoms with E-state index in [0.29, 0.717) is 36.2 Å². The average Bonchev–Trinajstić information content (AvgIpc) is 3.31. The second-order valence-corrected chi connectivity index (χ2v) is 4.91. The van der Waals surface area contributed by atoms with Gasteiger partial charge in [0.1, 0.15) is 0 Å². The van der Waals surface area contributed by atoms with Crippen molar-refractivity contribution in [2.75, 3.05) is 27.3 Å². The van der Waals surface area contributed by atoms with Gasteiger partial charge < -0.3 is 20.1 Å². The molecule has 110 valence electrons. The number of nitrogens with zero attached hydrogens (tertiary/aromatic N) is 1. The Morgan fingerprint density at radius 1 is 1.35 bits per heavy atom. The number of carbonyl (C=O) groups excluding carboxylic acids is 1. The Balaban J connectivity index is 2.26. The summed E-state index contributed by atoms with van der Waals surface area (Å²) in [5, 5.41) is 0. The van der Waals surface area contributed by atoms with Crippen LogP contribution < -0.4 is 15.2 Å². The van der Waals surface area contributed by atoms with Crippen LogP contribution in [0.15, 0.2) is 18.2 Å². The smallest absolute Gasteiger partial charge is 0.258 e. The lowest BCUT2D eigenvalue weighted by Crippen LogP contribution is -2.35. The van der Waals surface area contributed by atoms with Crippen LogP contribution >= 0.6 is 0 Å². The molecule has 0 aromatic heterocycles. The quantitative estimate of drug-likeness (QED) is 0.824. The average molecular weight is 278 g/mol. The van der Waals surface area contributed by atoms with Gasteiger partial charge in [-0.15, -0.1) is 0 Å². The summed E-state index contributed by atoms with van der Waals surface area (Å²) in [6, 6.07) is 5.73. The molecule has 20 heavy (non-hydrogen) atoms. The van der Waals surface area contributed by atoms with Gasteiger partial charge in [0.25, 0.3) is 5.91 Å². The summed E-state index contributed by atoms with van der Waals surface area (Å²) in [4.78, 5) is 14.6. The molecule has 0 spiro atoms. The van der Waals surface area contributed by atoms with Crippen molar-refractivity contribution in [2.24, 2.45) is 5.73 Å². The predicted octanol–water partition coefficient (Wildman–Crippen LogP) is 1.66. The van der Waals surface area contributed by atoms with Crippen molar-refractivity contribution in [3.05, 3.63) is 23.8 Å². The van der Waals surface area contributed by atoms with Gasteiger partial charge >= 0.3 is 0 Å². The molecule has 1 saturated carbocycles. The molecular weight excluding hydrogens is 256 g/mol. The number of methoxy groups -OCH3 is 2. The van der Waals surface area contributed by atoms with Gasteiger partial charge in [0.2, 0.25) is 0 Å². The fourth-order valence-corrected chi connectivity index (χ4v) is 2.31. The predicted molar refractivity (Wildman–Crippen MR) is 77.3 cm³/mol. The van der Waals surface area contributed by atoms with Crippen LogP contribution in [0, 0.1) is 0 Å². The van der Waals surface area contributed by atoms with Crippen LogP contribution in [0.4, 0.5) is 0 Å². The van der Waals surface area contributed by atoms with Crippen LogP contribution in [0.3, 0.4) is 0 Å². The minimum absolute atomic E-state index is 0.00306. The summed E-state index contributed by atoms with van der Waals surface area (Å²) in [7, 11) is 3.12. The number of hydrogen-bond donors (Lipinski definition) is 1. The molecule has 0 radical (unpaired) electrons. The zero-order valence-corrected chi connectivity index (χ0v) is 12.1. The SMILES string of the molecule is COc1cccc(C(=O)N(CCCN)C2CC2)c1OC. The Morgan fingerprint density at radius 3 is 2.65 bits per heavy atom. The first-order valence-electron chi connectivity index (χ1n) is 6.95. The van der Waals surface area contributed by atoms with Crippen LogP contribution in [0.2, 0.25) is 0 Å². The van der Waals surface area contributed by atoms with Gasteiger partial charge in [-0.25, -0.2) is 0 Å². The van der Waals surface area contributed by atoms with Gasteiger partial charge in [-0.05, 0) is 37.9 Å². The molecule has 2 N–H and O–H groups in total. The number of amides is 1. The molecular formula is C15H22N2O3. The highest BCUT2D eigenvalue weighted by molar-refractivity contribution is 5.98. The molecule has 0 atom stereocenters. The van der Waals surface area contributed by atoms with Crippen molar-refractivity contribution in [3.63, 3.8) is 0 Å². The molecule has 2 rings (SSSR count). The lowest BCUT2D eigenvalue weighted by molar-refractivity contribution is 0.0738. The number of carbonyl (C=O) groups is 1. The molecule has 0 bridgehead atoms. The number of benzene rings is 1. The Hall–Kier alpha value is -1.75. The lowest BCUT2D eigenvalue weighted by Gasteiger charge is -2.23. The van der Waals surface area contributed by atoms with Gasteiger partial charge in [0.05, 0.1) is 19.8 Å². The van der Waals surface area contributed by atoms with E-state index < -0.39 is 0 Å². The first kappa shape index (κ1) is 14.7. The summed E-state index contributed by atoms with van der Waals surface area (Å²) in [5.74, 6) is 1.07. The number of rotatable bonds is 7. The maximum absolute atomic E-state index is 12.7. The monoisotopic (exact) mass is 278 g/mol. The van der Waals surface area contributed by atoms with Crippen molar-refractivity contribution in [2.45, 2.75) is 25.3 Å². The van der Waals surface area contributed by atoms with E-state index >= 15 is 0 Å². The highest BCUT2D eigenvalue weighted by Crippen LogP contribution is 2.34. The van der Waals surface area contributed by atoms with E-state index in [9.17, 15) is 4.79 Å². The second-order valence-electron chi connectivity index (χ2n) is 4.91. The lowest BCUT2D eigenvalue weighted by atomic mass is 10.1. The van der Waals surface area contributed by atoms with Crippen LogP contribution in [-0.4, -0.2) is 44.2 Å². The molecule has 0 aliphatic heterocycles. The fraction of sp³-hybridized carbons (Fsp3) is 0.533. The van der Waals surface area contributed by atoms with Crippen molar-refractivity contribution in [1.29, 1.82) is 0 Å². The molecule has 1 aromatic rings.